The van der Waals surface area contributed by atoms with Crippen molar-refractivity contribution in [3.63, 3.8) is 0 Å². The molecule has 0 aliphatic carbocycles. The van der Waals surface area contributed by atoms with E-state index in [1.165, 1.54) is 25.7 Å². The SMILES string of the molecule is CCCCCCC(O[Si](C)(C)C)([SiH2]C)[SiH](Cl)Cl. The molecule has 1 nitrogen and oxygen atoms in total. The van der Waals surface area contributed by atoms with Crippen LogP contribution in [0.4, 0.5) is 0 Å². The van der Waals surface area contributed by atoms with Crippen LogP contribution in [0.15, 0.2) is 0 Å². The molecule has 17 heavy (non-hydrogen) atoms. The third-order valence-electron chi connectivity index (χ3n) is 2.96. The first kappa shape index (κ1) is 18.2. The molecule has 0 saturated carbocycles. The Kier molecular flexibility index (Phi) is 8.97. The Bertz CT molecular complexity index is 209. The highest BCUT2D eigenvalue weighted by Gasteiger charge is 2.40. The molecular weight excluding hydrogens is 303 g/mol. The molecule has 0 rings (SSSR count). The summed E-state index contributed by atoms with van der Waals surface area (Å²) < 4.78 is 6.41. The molecular formula is C11H28Cl2OSi3. The van der Waals surface area contributed by atoms with E-state index in [1.807, 2.05) is 0 Å². The number of halogens is 2. The van der Waals surface area contributed by atoms with Gasteiger partial charge in [-0.25, -0.2) is 0 Å². The zero-order chi connectivity index (χ0) is 13.5. The fourth-order valence-corrected chi connectivity index (χ4v) is 13.2. The third kappa shape index (κ3) is 7.38. The average Bonchev–Trinajstić information content (AvgIpc) is 2.20. The van der Waals surface area contributed by atoms with E-state index in [9.17, 15) is 0 Å². The van der Waals surface area contributed by atoms with E-state index in [0.29, 0.717) is 0 Å². The Balaban J connectivity index is 4.49. The van der Waals surface area contributed by atoms with Gasteiger partial charge in [0.05, 0.1) is 14.4 Å². The minimum Gasteiger partial charge on any atom is -0.416 e. The molecule has 0 amide bonds. The fraction of sp³-hybridized carbons (Fsp3) is 1.00. The van der Waals surface area contributed by atoms with Crippen LogP contribution >= 0.6 is 22.2 Å². The Hall–Kier alpha value is 1.19. The molecule has 0 spiro atoms. The van der Waals surface area contributed by atoms with Crippen molar-refractivity contribution >= 4 is 47.4 Å². The molecule has 0 aliphatic heterocycles. The van der Waals surface area contributed by atoms with Gasteiger partial charge >= 0.3 is 0 Å². The van der Waals surface area contributed by atoms with Gasteiger partial charge in [-0.3, -0.25) is 0 Å². The van der Waals surface area contributed by atoms with Gasteiger partial charge in [0.2, 0.25) is 0 Å². The van der Waals surface area contributed by atoms with Gasteiger partial charge in [-0.15, -0.1) is 22.2 Å². The molecule has 1 unspecified atom stereocenters. The summed E-state index contributed by atoms with van der Waals surface area (Å²) >= 11 is 12.7. The molecule has 0 aliphatic rings. The third-order valence-corrected chi connectivity index (χ3v) is 13.8. The summed E-state index contributed by atoms with van der Waals surface area (Å²) in [5.41, 5.74) is 0. The summed E-state index contributed by atoms with van der Waals surface area (Å²) in [6.07, 6.45) is 6.20. The van der Waals surface area contributed by atoms with Crippen molar-refractivity contribution in [3.05, 3.63) is 0 Å². The van der Waals surface area contributed by atoms with Gasteiger partial charge in [-0.05, 0) is 26.1 Å². The van der Waals surface area contributed by atoms with Gasteiger partial charge in [0.15, 0.2) is 8.32 Å². The van der Waals surface area contributed by atoms with Crippen molar-refractivity contribution < 1.29 is 4.43 Å². The minimum atomic E-state index is -1.75. The van der Waals surface area contributed by atoms with Crippen molar-refractivity contribution in [2.75, 3.05) is 0 Å². The summed E-state index contributed by atoms with van der Waals surface area (Å²) in [6.45, 7) is 11.2. The monoisotopic (exact) mass is 330 g/mol. The largest absolute Gasteiger partial charge is 0.416 e. The minimum absolute atomic E-state index is 0.0542. The van der Waals surface area contributed by atoms with Crippen LogP contribution in [0.1, 0.15) is 39.0 Å². The molecule has 6 heteroatoms. The van der Waals surface area contributed by atoms with E-state index >= 15 is 0 Å². The second kappa shape index (κ2) is 8.38. The number of hydrogen-bond donors (Lipinski definition) is 0. The lowest BCUT2D eigenvalue weighted by Gasteiger charge is -2.39. The maximum atomic E-state index is 6.41. The van der Waals surface area contributed by atoms with Gasteiger partial charge in [-0.1, -0.05) is 39.2 Å². The van der Waals surface area contributed by atoms with Gasteiger partial charge in [0.1, 0.15) is 0 Å². The number of rotatable bonds is 9. The van der Waals surface area contributed by atoms with Crippen molar-refractivity contribution in [2.24, 2.45) is 0 Å². The normalized spacial score (nSPS) is 16.9. The predicted molar refractivity (Wildman–Crippen MR) is 89.2 cm³/mol. The summed E-state index contributed by atoms with van der Waals surface area (Å²) in [7, 11) is -3.63. The van der Waals surface area contributed by atoms with Crippen LogP contribution in [-0.4, -0.2) is 30.1 Å². The van der Waals surface area contributed by atoms with Crippen LogP contribution in [0.25, 0.3) is 0 Å². The van der Waals surface area contributed by atoms with Gasteiger partial charge in [0, 0.05) is 0 Å². The molecule has 0 aromatic rings. The lowest BCUT2D eigenvalue weighted by atomic mass is 10.2. The summed E-state index contributed by atoms with van der Waals surface area (Å²) in [5, 5.41) is 0. The van der Waals surface area contributed by atoms with Crippen molar-refractivity contribution in [1.29, 1.82) is 0 Å². The van der Waals surface area contributed by atoms with E-state index in [-0.39, 0.29) is 14.4 Å². The highest BCUT2D eigenvalue weighted by molar-refractivity contribution is 7.37. The fourth-order valence-electron chi connectivity index (χ4n) is 2.07. The van der Waals surface area contributed by atoms with Crippen LogP contribution in [0.2, 0.25) is 26.2 Å². The van der Waals surface area contributed by atoms with E-state index in [2.05, 4.69) is 33.1 Å². The average molecular weight is 332 g/mol. The second-order valence-corrected chi connectivity index (χ2v) is 17.8. The van der Waals surface area contributed by atoms with Gasteiger partial charge < -0.3 is 4.43 Å². The van der Waals surface area contributed by atoms with E-state index in [1.54, 1.807) is 0 Å². The molecule has 0 heterocycles. The quantitative estimate of drug-likeness (QED) is 0.353. The summed E-state index contributed by atoms with van der Waals surface area (Å²) in [5.74, 6) is 0. The first-order valence-corrected chi connectivity index (χ1v) is 16.4. The van der Waals surface area contributed by atoms with Crippen LogP contribution in [-0.2, 0) is 4.43 Å². The summed E-state index contributed by atoms with van der Waals surface area (Å²) in [6, 6.07) is 0. The van der Waals surface area contributed by atoms with Gasteiger partial charge in [-0.2, -0.15) is 0 Å². The van der Waals surface area contributed by atoms with Crippen molar-refractivity contribution in [3.8, 4) is 0 Å². The Morgan fingerprint density at radius 3 is 2.12 bits per heavy atom. The standard InChI is InChI=1S/C11H28Cl2OSi3/c1-6-7-8-9-10-11(15-2,16(12)13)14-17(3,4)5/h16H,6-10,15H2,1-5H3. The first-order valence-electron chi connectivity index (χ1n) is 6.75. The highest BCUT2D eigenvalue weighted by Crippen LogP contribution is 2.30. The molecule has 1 atom stereocenters. The number of unbranched alkanes of at least 4 members (excludes halogenated alkanes) is 3. The zero-order valence-corrected chi connectivity index (χ0v) is 17.1. The van der Waals surface area contributed by atoms with Crippen molar-refractivity contribution in [1.82, 2.24) is 0 Å². The first-order chi connectivity index (χ1) is 7.77. The van der Waals surface area contributed by atoms with Crippen molar-refractivity contribution in [2.45, 2.75) is 70.1 Å². The Morgan fingerprint density at radius 1 is 1.18 bits per heavy atom. The second-order valence-electron chi connectivity index (χ2n) is 5.74. The maximum absolute atomic E-state index is 6.41. The number of hydrogen-bond acceptors (Lipinski definition) is 1. The smallest absolute Gasteiger partial charge is 0.262 e. The van der Waals surface area contributed by atoms with Crippen LogP contribution in [0.3, 0.4) is 0 Å². The molecule has 0 aromatic heterocycles. The van der Waals surface area contributed by atoms with Crippen LogP contribution in [0, 0.1) is 0 Å². The van der Waals surface area contributed by atoms with Crippen LogP contribution < -0.4 is 0 Å². The molecule has 0 aromatic carbocycles. The van der Waals surface area contributed by atoms with Gasteiger partial charge in [0.25, 0.3) is 7.42 Å². The van der Waals surface area contributed by atoms with E-state index < -0.39 is 15.7 Å². The topological polar surface area (TPSA) is 9.23 Å². The van der Waals surface area contributed by atoms with E-state index in [4.69, 9.17) is 26.6 Å². The zero-order valence-electron chi connectivity index (χ0n) is 12.0. The molecule has 0 saturated heterocycles. The Labute approximate surface area is 122 Å². The maximum Gasteiger partial charge on any atom is 0.262 e. The lowest BCUT2D eigenvalue weighted by Crippen LogP contribution is -2.53. The van der Waals surface area contributed by atoms with E-state index in [0.717, 1.165) is 6.42 Å². The summed E-state index contributed by atoms with van der Waals surface area (Å²) in [4.78, 5) is -0.0542. The Morgan fingerprint density at radius 2 is 1.76 bits per heavy atom. The molecule has 0 bridgehead atoms. The molecule has 0 N–H and O–H groups in total. The molecule has 104 valence electrons. The molecule has 0 fully saturated rings. The van der Waals surface area contributed by atoms with Crippen LogP contribution in [0.5, 0.6) is 0 Å². The highest BCUT2D eigenvalue weighted by atomic mass is 35.7. The molecule has 0 radical (unpaired) electrons. The predicted octanol–water partition coefficient (Wildman–Crippen LogP) is 3.96. The lowest BCUT2D eigenvalue weighted by molar-refractivity contribution is 0.210.